The minimum Gasteiger partial charge on any atom is -0.353 e. The molecule has 1 unspecified atom stereocenters. The van der Waals surface area contributed by atoms with Crippen molar-refractivity contribution in [1.82, 2.24) is 0 Å². The van der Waals surface area contributed by atoms with E-state index in [9.17, 15) is 0 Å². The van der Waals surface area contributed by atoms with Crippen molar-refractivity contribution >= 4 is 0 Å². The predicted octanol–water partition coefficient (Wildman–Crippen LogP) is 4.67. The summed E-state index contributed by atoms with van der Waals surface area (Å²) in [4.78, 5) is 0. The summed E-state index contributed by atoms with van der Waals surface area (Å²) in [5.74, 6) is 4.90. The molecule has 0 aromatic carbocycles. The van der Waals surface area contributed by atoms with E-state index in [0.717, 1.165) is 64.6 Å². The van der Waals surface area contributed by atoms with Gasteiger partial charge in [-0.3, -0.25) is 0 Å². The zero-order chi connectivity index (χ0) is 17.9. The molecule has 0 aliphatic carbocycles. The van der Waals surface area contributed by atoms with Crippen LogP contribution in [0.25, 0.3) is 0 Å². The van der Waals surface area contributed by atoms with Crippen molar-refractivity contribution in [2.24, 2.45) is 0 Å². The van der Waals surface area contributed by atoms with Crippen molar-refractivity contribution in [3.63, 3.8) is 0 Å². The van der Waals surface area contributed by atoms with Crippen LogP contribution in [-0.2, 0) is 9.47 Å². The Bertz CT molecular complexity index is 392. The zero-order valence-corrected chi connectivity index (χ0v) is 11.9. The topological polar surface area (TPSA) is 18.5 Å². The molecule has 0 aromatic heterocycles. The molecule has 2 heteroatoms. The maximum absolute atomic E-state index is 7.37. The third-order valence-electron chi connectivity index (χ3n) is 3.29. The summed E-state index contributed by atoms with van der Waals surface area (Å²) >= 11 is 0. The summed E-state index contributed by atoms with van der Waals surface area (Å²) in [6.45, 7) is -1.09. The van der Waals surface area contributed by atoms with Gasteiger partial charge in [-0.2, -0.15) is 0 Å². The average Bonchev–Trinajstić information content (AvgIpc) is 2.52. The summed E-state index contributed by atoms with van der Waals surface area (Å²) in [6.07, 6.45) is 7.90. The summed E-state index contributed by atoms with van der Waals surface area (Å²) in [5, 5.41) is 0. The predicted molar refractivity (Wildman–Crippen MR) is 79.9 cm³/mol. The van der Waals surface area contributed by atoms with Crippen molar-refractivity contribution in [2.45, 2.75) is 83.7 Å². The molecule has 1 aliphatic rings. The molecule has 1 rings (SSSR count). The molecule has 1 heterocycles. The molecule has 1 atom stereocenters. The lowest BCUT2D eigenvalue weighted by Gasteiger charge is -2.22. The van der Waals surface area contributed by atoms with Gasteiger partial charge in [0.1, 0.15) is 0 Å². The summed E-state index contributed by atoms with van der Waals surface area (Å²) in [7, 11) is 0. The molecule has 19 heavy (non-hydrogen) atoms. The van der Waals surface area contributed by atoms with Crippen LogP contribution in [0.3, 0.4) is 0 Å². The van der Waals surface area contributed by atoms with E-state index in [4.69, 9.17) is 16.3 Å². The number of ether oxygens (including phenoxy) is 2. The highest BCUT2D eigenvalue weighted by molar-refractivity contribution is 4.97. The molecule has 1 saturated heterocycles. The third-order valence-corrected chi connectivity index (χ3v) is 3.29. The van der Waals surface area contributed by atoms with Crippen molar-refractivity contribution in [1.29, 1.82) is 0 Å². The van der Waals surface area contributed by atoms with Gasteiger partial charge in [0.15, 0.2) is 6.29 Å². The summed E-state index contributed by atoms with van der Waals surface area (Å²) in [5.41, 5.74) is 0. The lowest BCUT2D eigenvalue weighted by Crippen LogP contribution is -2.22. The Balaban J connectivity index is 1.92. The van der Waals surface area contributed by atoms with Gasteiger partial charge in [0, 0.05) is 32.9 Å². The van der Waals surface area contributed by atoms with E-state index in [1.165, 1.54) is 6.42 Å². The van der Waals surface area contributed by atoms with Crippen molar-refractivity contribution < 1.29 is 16.3 Å². The Morgan fingerprint density at radius 3 is 2.79 bits per heavy atom. The first-order valence-electron chi connectivity index (χ1n) is 10.1. The van der Waals surface area contributed by atoms with Crippen molar-refractivity contribution in [3.8, 4) is 11.8 Å². The molecule has 2 nitrogen and oxygen atoms in total. The summed E-state index contributed by atoms with van der Waals surface area (Å²) < 4.78 is 47.1. The second-order valence-corrected chi connectivity index (χ2v) is 4.97. The first-order chi connectivity index (χ1) is 11.3. The Kier molecular flexibility index (Phi) is 6.74. The van der Waals surface area contributed by atoms with Crippen LogP contribution >= 0.6 is 0 Å². The first kappa shape index (κ1) is 10.2. The van der Waals surface area contributed by atoms with Gasteiger partial charge in [0.2, 0.25) is 0 Å². The van der Waals surface area contributed by atoms with Crippen molar-refractivity contribution in [3.05, 3.63) is 0 Å². The number of hydrogen-bond donors (Lipinski definition) is 0. The highest BCUT2D eigenvalue weighted by Crippen LogP contribution is 2.14. The summed E-state index contributed by atoms with van der Waals surface area (Å²) in [6, 6.07) is 0. The average molecular weight is 271 g/mol. The van der Waals surface area contributed by atoms with Gasteiger partial charge in [-0.25, -0.2) is 0 Å². The number of unbranched alkanes of at least 4 members (excludes halogenated alkanes) is 6. The monoisotopic (exact) mass is 271 g/mol. The minimum absolute atomic E-state index is 0.00779. The molecule has 110 valence electrons. The Morgan fingerprint density at radius 2 is 2.00 bits per heavy atom. The highest BCUT2D eigenvalue weighted by atomic mass is 16.7. The van der Waals surface area contributed by atoms with Crippen LogP contribution in [0.4, 0.5) is 0 Å². The normalized spacial score (nSPS) is 24.2. The fraction of sp³-hybridized carbons (Fsp3) is 0.882. The van der Waals surface area contributed by atoms with Gasteiger partial charge in [0.25, 0.3) is 0 Å². The van der Waals surface area contributed by atoms with E-state index in [2.05, 4.69) is 11.8 Å². The molecule has 0 N–H and O–H groups in total. The highest BCUT2D eigenvalue weighted by Gasteiger charge is 2.13. The molecule has 1 aliphatic heterocycles. The van der Waals surface area contributed by atoms with Gasteiger partial charge in [-0.15, -0.1) is 11.8 Å². The molecule has 0 aromatic rings. The Morgan fingerprint density at radius 1 is 1.16 bits per heavy atom. The zero-order valence-electron chi connectivity index (χ0n) is 16.9. The van der Waals surface area contributed by atoms with Crippen LogP contribution in [0.5, 0.6) is 0 Å². The van der Waals surface area contributed by atoms with Crippen LogP contribution in [-0.4, -0.2) is 19.5 Å². The van der Waals surface area contributed by atoms with E-state index < -0.39 is 13.2 Å². The van der Waals surface area contributed by atoms with Gasteiger partial charge < -0.3 is 9.47 Å². The fourth-order valence-electron chi connectivity index (χ4n) is 2.19. The van der Waals surface area contributed by atoms with E-state index in [1.807, 2.05) is 0 Å². The van der Waals surface area contributed by atoms with Crippen molar-refractivity contribution in [2.75, 3.05) is 13.2 Å². The molecule has 0 spiro atoms. The quantitative estimate of drug-likeness (QED) is 0.448. The van der Waals surface area contributed by atoms with Gasteiger partial charge in [-0.1, -0.05) is 32.5 Å². The second-order valence-electron chi connectivity index (χ2n) is 4.97. The Labute approximate surface area is 126 Å². The van der Waals surface area contributed by atoms with Gasteiger partial charge >= 0.3 is 0 Å². The maximum Gasteiger partial charge on any atom is 0.157 e. The first-order valence-corrected chi connectivity index (χ1v) is 7.56. The Hall–Kier alpha value is -0.520. The SMILES string of the molecule is [2H]C([2H])([2H])C([2H])([2H])C#CCCCCCCCCOC1CCCCO1. The molecule has 0 amide bonds. The molecular formula is C17H30O2. The van der Waals surface area contributed by atoms with Crippen LogP contribution < -0.4 is 0 Å². The smallest absolute Gasteiger partial charge is 0.157 e. The maximum atomic E-state index is 7.37. The molecule has 1 fully saturated rings. The number of rotatable bonds is 9. The lowest BCUT2D eigenvalue weighted by atomic mass is 10.1. The second kappa shape index (κ2) is 12.5. The minimum atomic E-state index is -2.68. The lowest BCUT2D eigenvalue weighted by molar-refractivity contribution is -0.162. The van der Waals surface area contributed by atoms with Gasteiger partial charge in [0.05, 0.1) is 0 Å². The van der Waals surface area contributed by atoms with E-state index in [0.29, 0.717) is 6.42 Å². The van der Waals surface area contributed by atoms with Gasteiger partial charge in [-0.05, 0) is 32.1 Å². The van der Waals surface area contributed by atoms with E-state index in [-0.39, 0.29) is 6.29 Å². The van der Waals surface area contributed by atoms with E-state index >= 15 is 0 Å². The van der Waals surface area contributed by atoms with Crippen LogP contribution in [0.1, 0.15) is 84.3 Å². The third kappa shape index (κ3) is 9.99. The van der Waals surface area contributed by atoms with Crippen LogP contribution in [0.2, 0.25) is 0 Å². The van der Waals surface area contributed by atoms with E-state index in [1.54, 1.807) is 0 Å². The molecule has 0 saturated carbocycles. The van der Waals surface area contributed by atoms with Crippen LogP contribution in [0, 0.1) is 11.8 Å². The van der Waals surface area contributed by atoms with Crippen LogP contribution in [0.15, 0.2) is 0 Å². The number of hydrogen-bond acceptors (Lipinski definition) is 2. The molecular weight excluding hydrogens is 236 g/mol. The standard InChI is InChI=1S/C17H30O2/c1-2-3-4-5-6-7-8-9-10-12-15-18-17-14-11-13-16-19-17/h17H,2,5-16H2,1H3/i1D3,2D2. The largest absolute Gasteiger partial charge is 0.353 e. The molecule has 0 radical (unpaired) electrons. The fourth-order valence-corrected chi connectivity index (χ4v) is 2.19. The molecule has 0 bridgehead atoms.